The maximum atomic E-state index is 13.4. The number of fused-ring (bicyclic) bond motifs is 3. The van der Waals surface area contributed by atoms with E-state index >= 15 is 0 Å². The maximum absolute atomic E-state index is 13.4. The molecule has 2 aromatic rings. The highest BCUT2D eigenvalue weighted by atomic mass is 32.2. The summed E-state index contributed by atoms with van der Waals surface area (Å²) in [5, 5.41) is 8.41. The van der Waals surface area contributed by atoms with Crippen LogP contribution in [0, 0.1) is 5.92 Å². The van der Waals surface area contributed by atoms with Crippen molar-refractivity contribution in [2.75, 3.05) is 45.9 Å². The van der Waals surface area contributed by atoms with E-state index in [2.05, 4.69) is 16.0 Å². The lowest BCUT2D eigenvalue weighted by atomic mass is 10.0. The van der Waals surface area contributed by atoms with Gasteiger partial charge in [-0.25, -0.2) is 8.42 Å². The largest absolute Gasteiger partial charge is 0.496 e. The van der Waals surface area contributed by atoms with Gasteiger partial charge in [-0.3, -0.25) is 19.2 Å². The zero-order valence-electron chi connectivity index (χ0n) is 26.3. The smallest absolute Gasteiger partial charge is 0.251 e. The number of hydrogen-bond acceptors (Lipinski definition) is 9. The van der Waals surface area contributed by atoms with Crippen LogP contribution in [0.3, 0.4) is 0 Å². The molecule has 1 aliphatic heterocycles. The van der Waals surface area contributed by atoms with Gasteiger partial charge < -0.3 is 35.1 Å². The average Bonchev–Trinajstić information content (AvgIpc) is 2.99. The Labute approximate surface area is 263 Å². The number of rotatable bonds is 6. The number of methoxy groups -OCH3 is 2. The highest BCUT2D eigenvalue weighted by Crippen LogP contribution is 2.37. The predicted molar refractivity (Wildman–Crippen MR) is 167 cm³/mol. The van der Waals surface area contributed by atoms with Crippen LogP contribution in [-0.4, -0.2) is 88.9 Å². The Morgan fingerprint density at radius 2 is 1.76 bits per heavy atom. The first-order valence-corrected chi connectivity index (χ1v) is 16.7. The summed E-state index contributed by atoms with van der Waals surface area (Å²) in [6, 6.07) is 8.98. The Kier molecular flexibility index (Phi) is 12.6. The third kappa shape index (κ3) is 10.4. The molecule has 0 fully saturated rings. The molecule has 13 nitrogen and oxygen atoms in total. The molecular weight excluding hydrogens is 604 g/mol. The predicted octanol–water partition coefficient (Wildman–Crippen LogP) is 2.04. The summed E-state index contributed by atoms with van der Waals surface area (Å²) >= 11 is 0. The molecule has 2 aromatic carbocycles. The fourth-order valence-corrected chi connectivity index (χ4v) is 5.24. The fourth-order valence-electron chi connectivity index (χ4n) is 4.69. The van der Waals surface area contributed by atoms with Crippen molar-refractivity contribution >= 4 is 33.5 Å². The minimum atomic E-state index is -3.40. The van der Waals surface area contributed by atoms with E-state index in [-0.39, 0.29) is 55.9 Å². The van der Waals surface area contributed by atoms with Gasteiger partial charge in [0.25, 0.3) is 5.91 Å². The highest BCUT2D eigenvalue weighted by Gasteiger charge is 2.27. The van der Waals surface area contributed by atoms with Crippen LogP contribution in [0.1, 0.15) is 49.0 Å². The molecule has 4 amide bonds. The summed E-state index contributed by atoms with van der Waals surface area (Å²) in [5.41, 5.74) is 0.836. The second-order valence-electron chi connectivity index (χ2n) is 11.1. The molecule has 0 unspecified atom stereocenters. The van der Waals surface area contributed by atoms with E-state index in [9.17, 15) is 27.6 Å². The summed E-state index contributed by atoms with van der Waals surface area (Å²) in [5.74, 6) is -1.07. The van der Waals surface area contributed by atoms with Gasteiger partial charge in [-0.2, -0.15) is 0 Å². The molecule has 0 aromatic heterocycles. The van der Waals surface area contributed by atoms with Crippen LogP contribution in [0.2, 0.25) is 0 Å². The van der Waals surface area contributed by atoms with Gasteiger partial charge in [0, 0.05) is 31.3 Å². The zero-order chi connectivity index (χ0) is 33.1. The summed E-state index contributed by atoms with van der Waals surface area (Å²) in [6.07, 6.45) is 1.67. The summed E-state index contributed by atoms with van der Waals surface area (Å²) < 4.78 is 40.5. The lowest BCUT2D eigenvalue weighted by Crippen LogP contribution is -2.52. The van der Waals surface area contributed by atoms with Crippen molar-refractivity contribution in [3.8, 4) is 23.0 Å². The first kappa shape index (κ1) is 35.2. The molecule has 0 aliphatic carbocycles. The Bertz CT molecular complexity index is 1490. The second kappa shape index (κ2) is 16.1. The van der Waals surface area contributed by atoms with Gasteiger partial charge in [0.2, 0.25) is 17.7 Å². The van der Waals surface area contributed by atoms with Gasteiger partial charge in [-0.1, -0.05) is 19.9 Å². The number of hydrogen-bond donors (Lipinski definition) is 3. The Hall–Kier alpha value is -4.33. The van der Waals surface area contributed by atoms with E-state index in [1.54, 1.807) is 50.2 Å². The molecule has 0 radical (unpaired) electrons. The van der Waals surface area contributed by atoms with Crippen molar-refractivity contribution in [3.63, 3.8) is 0 Å². The van der Waals surface area contributed by atoms with Crippen molar-refractivity contribution < 1.29 is 41.8 Å². The van der Waals surface area contributed by atoms with Crippen molar-refractivity contribution in [2.45, 2.75) is 45.7 Å². The number of carbonyl (C=O) groups is 4. The first-order chi connectivity index (χ1) is 21.3. The van der Waals surface area contributed by atoms with E-state index in [1.165, 1.54) is 19.1 Å². The number of sulfone groups is 1. The van der Waals surface area contributed by atoms with Crippen molar-refractivity contribution in [1.29, 1.82) is 0 Å². The van der Waals surface area contributed by atoms with Crippen LogP contribution in [0.25, 0.3) is 0 Å². The zero-order valence-corrected chi connectivity index (χ0v) is 27.1. The summed E-state index contributed by atoms with van der Waals surface area (Å²) in [7, 11) is -0.433. The van der Waals surface area contributed by atoms with Crippen LogP contribution in [0.15, 0.2) is 36.4 Å². The Balaban J connectivity index is 1.96. The molecule has 3 N–H and O–H groups in total. The summed E-state index contributed by atoms with van der Waals surface area (Å²) in [4.78, 5) is 53.7. The van der Waals surface area contributed by atoms with E-state index in [0.717, 1.165) is 6.26 Å². The Morgan fingerprint density at radius 1 is 1.02 bits per heavy atom. The SMILES string of the molecule is COc1ccc2cc1Oc1cccc(OC)c1CNC(=O)[C@@H](C(C)C)NC(=O)CN(C(=O)CCS(C)(=O)=O)CCCCNC2=O. The van der Waals surface area contributed by atoms with E-state index in [0.29, 0.717) is 41.2 Å². The van der Waals surface area contributed by atoms with Gasteiger partial charge in [0.1, 0.15) is 27.4 Å². The van der Waals surface area contributed by atoms with Gasteiger partial charge in [-0.15, -0.1) is 0 Å². The number of ether oxygens (including phenoxy) is 3. The molecule has 2 bridgehead atoms. The third-order valence-corrected chi connectivity index (χ3v) is 8.12. The molecule has 0 spiro atoms. The monoisotopic (exact) mass is 646 g/mol. The minimum absolute atomic E-state index is 0.0180. The van der Waals surface area contributed by atoms with Crippen LogP contribution >= 0.6 is 0 Å². The molecule has 3 rings (SSSR count). The molecule has 0 saturated heterocycles. The summed E-state index contributed by atoms with van der Waals surface area (Å²) in [6.45, 7) is 3.63. The normalized spacial score (nSPS) is 17.2. The van der Waals surface area contributed by atoms with Crippen molar-refractivity contribution in [1.82, 2.24) is 20.9 Å². The van der Waals surface area contributed by atoms with Crippen LogP contribution in [-0.2, 0) is 30.8 Å². The maximum Gasteiger partial charge on any atom is 0.251 e. The lowest BCUT2D eigenvalue weighted by molar-refractivity contribution is -0.137. The highest BCUT2D eigenvalue weighted by molar-refractivity contribution is 7.90. The second-order valence-corrected chi connectivity index (χ2v) is 13.3. The molecule has 1 aliphatic rings. The van der Waals surface area contributed by atoms with E-state index < -0.39 is 33.6 Å². The number of nitrogens with zero attached hydrogens (tertiary/aromatic N) is 1. The molecule has 14 heteroatoms. The van der Waals surface area contributed by atoms with Gasteiger partial charge in [-0.05, 0) is 49.1 Å². The van der Waals surface area contributed by atoms with Gasteiger partial charge in [0.15, 0.2) is 11.5 Å². The molecule has 0 saturated carbocycles. The Morgan fingerprint density at radius 3 is 2.42 bits per heavy atom. The van der Waals surface area contributed by atoms with E-state index in [4.69, 9.17) is 14.2 Å². The van der Waals surface area contributed by atoms with Crippen molar-refractivity contribution in [3.05, 3.63) is 47.5 Å². The number of benzene rings is 2. The molecule has 246 valence electrons. The standard InChI is InChI=1S/C31H42N4O9S/c1-20(2)29-31(39)33-18-22-23(42-3)9-8-10-24(22)44-26-17-21(11-12-25(26)43-4)30(38)32-14-6-7-15-35(19-27(36)34-29)28(37)13-16-45(5,40)41/h8-12,17,20,29H,6-7,13-16,18-19H2,1-5H3,(H,32,38)(H,33,39)(H,34,36)/t29-/m1/s1. The average molecular weight is 647 g/mol. The third-order valence-electron chi connectivity index (χ3n) is 7.17. The molecule has 1 atom stereocenters. The van der Waals surface area contributed by atoms with E-state index in [1.807, 2.05) is 0 Å². The lowest BCUT2D eigenvalue weighted by Gasteiger charge is -2.26. The first-order valence-electron chi connectivity index (χ1n) is 14.7. The molecule has 45 heavy (non-hydrogen) atoms. The van der Waals surface area contributed by atoms with Crippen LogP contribution < -0.4 is 30.2 Å². The minimum Gasteiger partial charge on any atom is -0.496 e. The molecular formula is C31H42N4O9S. The quantitative estimate of drug-likeness (QED) is 0.425. The van der Waals surface area contributed by atoms with Crippen LogP contribution in [0.4, 0.5) is 0 Å². The van der Waals surface area contributed by atoms with Gasteiger partial charge >= 0.3 is 0 Å². The van der Waals surface area contributed by atoms with Crippen molar-refractivity contribution in [2.24, 2.45) is 5.92 Å². The number of carbonyl (C=O) groups excluding carboxylic acids is 4. The van der Waals surface area contributed by atoms with Gasteiger partial charge in [0.05, 0.1) is 38.6 Å². The number of nitrogens with one attached hydrogen (secondary N) is 3. The number of amides is 4. The topological polar surface area (TPSA) is 169 Å². The molecule has 1 heterocycles. The fraction of sp³-hybridized carbons (Fsp3) is 0.484. The van der Waals surface area contributed by atoms with Crippen LogP contribution in [0.5, 0.6) is 23.0 Å².